The average Bonchev–Trinajstić information content (AvgIpc) is 2.49. The summed E-state index contributed by atoms with van der Waals surface area (Å²) in [6, 6.07) is 7.31. The smallest absolute Gasteiger partial charge is 0.226 e. The molecule has 0 aromatic heterocycles. The number of carbonyl (C=O) groups excluding carboxylic acids is 1. The van der Waals surface area contributed by atoms with Gasteiger partial charge in [0.15, 0.2) is 0 Å². The van der Waals surface area contributed by atoms with Gasteiger partial charge in [-0.15, -0.1) is 0 Å². The quantitative estimate of drug-likeness (QED) is 0.842. The van der Waals surface area contributed by atoms with Gasteiger partial charge in [0.05, 0.1) is 24.8 Å². The first-order valence-electron chi connectivity index (χ1n) is 7.39. The van der Waals surface area contributed by atoms with E-state index in [9.17, 15) is 4.79 Å². The predicted molar refractivity (Wildman–Crippen MR) is 82.1 cm³/mol. The Morgan fingerprint density at radius 1 is 1.43 bits per heavy atom. The van der Waals surface area contributed by atoms with Crippen molar-refractivity contribution in [1.82, 2.24) is 4.90 Å². The van der Waals surface area contributed by atoms with Crippen molar-refractivity contribution in [2.75, 3.05) is 32.5 Å². The van der Waals surface area contributed by atoms with Crippen molar-refractivity contribution >= 4 is 11.6 Å². The van der Waals surface area contributed by atoms with Gasteiger partial charge in [-0.05, 0) is 24.5 Å². The Morgan fingerprint density at radius 3 is 2.90 bits per heavy atom. The normalized spacial score (nSPS) is 22.1. The average molecular weight is 292 g/mol. The molecule has 1 fully saturated rings. The number of nitrogens with two attached hydrogens (primary N) is 1. The van der Waals surface area contributed by atoms with Crippen LogP contribution in [0, 0.1) is 5.92 Å². The molecule has 0 radical (unpaired) electrons. The zero-order valence-corrected chi connectivity index (χ0v) is 12.7. The molecule has 5 heteroatoms. The number of hydrogen-bond acceptors (Lipinski definition) is 4. The fourth-order valence-corrected chi connectivity index (χ4v) is 2.59. The maximum absolute atomic E-state index is 12.2. The lowest BCUT2D eigenvalue weighted by Crippen LogP contribution is -2.46. The summed E-state index contributed by atoms with van der Waals surface area (Å²) in [7, 11) is 1.70. The molecule has 1 amide bonds. The molecule has 2 N–H and O–H groups in total. The highest BCUT2D eigenvalue weighted by atomic mass is 16.5. The van der Waals surface area contributed by atoms with Crippen LogP contribution < -0.4 is 10.5 Å². The number of para-hydroxylation sites is 2. The summed E-state index contributed by atoms with van der Waals surface area (Å²) in [6.07, 6.45) is 1.48. The Kier molecular flexibility index (Phi) is 5.44. The maximum atomic E-state index is 12.2. The lowest BCUT2D eigenvalue weighted by molar-refractivity contribution is -0.136. The molecular weight excluding hydrogens is 268 g/mol. The van der Waals surface area contributed by atoms with Crippen molar-refractivity contribution < 1.29 is 14.3 Å². The van der Waals surface area contributed by atoms with Crippen molar-refractivity contribution in [2.24, 2.45) is 5.92 Å². The third-order valence-corrected chi connectivity index (χ3v) is 4.04. The zero-order chi connectivity index (χ0) is 15.2. The molecule has 0 saturated carbocycles. The first kappa shape index (κ1) is 15.6. The molecule has 2 rings (SSSR count). The molecule has 1 heterocycles. The first-order chi connectivity index (χ1) is 10.1. The van der Waals surface area contributed by atoms with Gasteiger partial charge in [0, 0.05) is 20.2 Å². The molecule has 1 aromatic carbocycles. The number of anilines is 1. The molecule has 1 aliphatic heterocycles. The molecule has 2 atom stereocenters. The number of methoxy groups -OCH3 is 1. The molecule has 5 nitrogen and oxygen atoms in total. The summed E-state index contributed by atoms with van der Waals surface area (Å²) in [4.78, 5) is 14.1. The minimum absolute atomic E-state index is 0.110. The van der Waals surface area contributed by atoms with Crippen LogP contribution in [0.4, 0.5) is 5.69 Å². The summed E-state index contributed by atoms with van der Waals surface area (Å²) < 4.78 is 11.0. The van der Waals surface area contributed by atoms with E-state index >= 15 is 0 Å². The Balaban J connectivity index is 1.78. The summed E-state index contributed by atoms with van der Waals surface area (Å²) >= 11 is 0. The molecule has 1 aromatic rings. The van der Waals surface area contributed by atoms with Gasteiger partial charge >= 0.3 is 0 Å². The van der Waals surface area contributed by atoms with Crippen LogP contribution >= 0.6 is 0 Å². The van der Waals surface area contributed by atoms with Crippen molar-refractivity contribution in [3.63, 3.8) is 0 Å². The molecule has 2 unspecified atom stereocenters. The first-order valence-corrected chi connectivity index (χ1v) is 7.39. The topological polar surface area (TPSA) is 64.8 Å². The second-order valence-corrected chi connectivity index (χ2v) is 5.52. The van der Waals surface area contributed by atoms with Gasteiger partial charge in [-0.2, -0.15) is 0 Å². The molecule has 21 heavy (non-hydrogen) atoms. The van der Waals surface area contributed by atoms with E-state index in [0.717, 1.165) is 13.0 Å². The lowest BCUT2D eigenvalue weighted by atomic mass is 9.95. The largest absolute Gasteiger partial charge is 0.491 e. The molecule has 1 aliphatic rings. The van der Waals surface area contributed by atoms with Crippen molar-refractivity contribution in [3.05, 3.63) is 24.3 Å². The van der Waals surface area contributed by atoms with Crippen LogP contribution in [-0.4, -0.2) is 43.7 Å². The van der Waals surface area contributed by atoms with E-state index < -0.39 is 0 Å². The molecular formula is C16H24N2O3. The Labute approximate surface area is 126 Å². The Morgan fingerprint density at radius 2 is 2.19 bits per heavy atom. The van der Waals surface area contributed by atoms with Gasteiger partial charge in [-0.3, -0.25) is 4.79 Å². The van der Waals surface area contributed by atoms with E-state index in [4.69, 9.17) is 15.2 Å². The summed E-state index contributed by atoms with van der Waals surface area (Å²) in [5, 5.41) is 0. The molecule has 0 aliphatic carbocycles. The van der Waals surface area contributed by atoms with Gasteiger partial charge in [0.1, 0.15) is 5.75 Å². The minimum atomic E-state index is 0.110. The summed E-state index contributed by atoms with van der Waals surface area (Å²) in [6.45, 7) is 3.98. The number of piperidine rings is 1. The van der Waals surface area contributed by atoms with Crippen LogP contribution in [0.1, 0.15) is 19.8 Å². The number of likely N-dealkylation sites (tertiary alicyclic amines) is 1. The van der Waals surface area contributed by atoms with Crippen LogP contribution in [0.3, 0.4) is 0 Å². The highest BCUT2D eigenvalue weighted by Crippen LogP contribution is 2.21. The number of carbonyl (C=O) groups is 1. The van der Waals surface area contributed by atoms with Gasteiger partial charge in [0.25, 0.3) is 0 Å². The Hall–Kier alpha value is -1.75. The number of nitrogens with zero attached hydrogens (tertiary/aromatic N) is 1. The van der Waals surface area contributed by atoms with Gasteiger partial charge in [0.2, 0.25) is 5.91 Å². The fourth-order valence-electron chi connectivity index (χ4n) is 2.59. The predicted octanol–water partition coefficient (Wildman–Crippen LogP) is 1.92. The second kappa shape index (κ2) is 7.31. The SMILES string of the molecule is COC1CN(C(=O)CCOc2ccccc2N)CCC1C. The number of rotatable bonds is 5. The Bertz CT molecular complexity index is 478. The van der Waals surface area contributed by atoms with Gasteiger partial charge < -0.3 is 20.1 Å². The lowest BCUT2D eigenvalue weighted by Gasteiger charge is -2.36. The van der Waals surface area contributed by atoms with Crippen molar-refractivity contribution in [2.45, 2.75) is 25.9 Å². The third kappa shape index (κ3) is 4.11. The minimum Gasteiger partial charge on any atom is -0.491 e. The molecule has 0 spiro atoms. The second-order valence-electron chi connectivity index (χ2n) is 5.52. The number of nitrogen functional groups attached to an aromatic ring is 1. The maximum Gasteiger partial charge on any atom is 0.226 e. The van der Waals surface area contributed by atoms with Gasteiger partial charge in [-0.25, -0.2) is 0 Å². The van der Waals surface area contributed by atoms with Gasteiger partial charge in [-0.1, -0.05) is 19.1 Å². The van der Waals surface area contributed by atoms with E-state index in [1.54, 1.807) is 13.2 Å². The number of ether oxygens (including phenoxy) is 2. The highest BCUT2D eigenvalue weighted by molar-refractivity contribution is 5.76. The van der Waals surface area contributed by atoms with Crippen LogP contribution in [0.25, 0.3) is 0 Å². The molecule has 0 bridgehead atoms. The van der Waals surface area contributed by atoms with E-state index in [-0.39, 0.29) is 12.0 Å². The number of amides is 1. The zero-order valence-electron chi connectivity index (χ0n) is 12.7. The molecule has 116 valence electrons. The van der Waals surface area contributed by atoms with E-state index in [2.05, 4.69) is 6.92 Å². The van der Waals surface area contributed by atoms with Crippen molar-refractivity contribution in [3.8, 4) is 5.75 Å². The number of hydrogen-bond donors (Lipinski definition) is 1. The third-order valence-electron chi connectivity index (χ3n) is 4.04. The summed E-state index contributed by atoms with van der Waals surface area (Å²) in [5.41, 5.74) is 6.39. The monoisotopic (exact) mass is 292 g/mol. The van der Waals surface area contributed by atoms with Crippen LogP contribution in [0.15, 0.2) is 24.3 Å². The van der Waals surface area contributed by atoms with E-state index in [1.807, 2.05) is 23.1 Å². The standard InChI is InChI=1S/C16H24N2O3/c1-12-7-9-18(11-15(12)20-2)16(19)8-10-21-14-6-4-3-5-13(14)17/h3-6,12,15H,7-11,17H2,1-2H3. The van der Waals surface area contributed by atoms with E-state index in [1.165, 1.54) is 0 Å². The van der Waals surface area contributed by atoms with E-state index in [0.29, 0.717) is 36.9 Å². The van der Waals surface area contributed by atoms with Crippen molar-refractivity contribution in [1.29, 1.82) is 0 Å². The number of benzene rings is 1. The van der Waals surface area contributed by atoms with Crippen LogP contribution in [0.2, 0.25) is 0 Å². The van der Waals surface area contributed by atoms with Crippen LogP contribution in [0.5, 0.6) is 5.75 Å². The molecule has 1 saturated heterocycles. The van der Waals surface area contributed by atoms with Crippen LogP contribution in [-0.2, 0) is 9.53 Å². The fraction of sp³-hybridized carbons (Fsp3) is 0.562. The highest BCUT2D eigenvalue weighted by Gasteiger charge is 2.28. The summed E-state index contributed by atoms with van der Waals surface area (Å²) in [5.74, 6) is 1.24.